The first kappa shape index (κ1) is 43.9. The Labute approximate surface area is 320 Å². The fraction of sp³-hybridized carbons (Fsp3) is 0.444. The lowest BCUT2D eigenvalue weighted by molar-refractivity contribution is -0.134. The van der Waals surface area contributed by atoms with Crippen LogP contribution < -0.4 is 43.0 Å². The summed E-state index contributed by atoms with van der Waals surface area (Å²) in [6, 6.07) is 6.60. The van der Waals surface area contributed by atoms with Crippen LogP contribution in [0.2, 0.25) is 0 Å². The zero-order chi connectivity index (χ0) is 41.4. The Hall–Kier alpha value is -5.53. The normalized spacial score (nSPS) is 14.1. The molecular weight excluding hydrogens is 733 g/mol. The van der Waals surface area contributed by atoms with E-state index in [2.05, 4.69) is 26.3 Å². The maximum Gasteiger partial charge on any atom is 0.243 e. The van der Waals surface area contributed by atoms with Crippen molar-refractivity contribution in [1.82, 2.24) is 35.0 Å². The van der Waals surface area contributed by atoms with Crippen LogP contribution in [-0.4, -0.2) is 112 Å². The third-order valence-electron chi connectivity index (χ3n) is 8.88. The van der Waals surface area contributed by atoms with Crippen molar-refractivity contribution in [3.05, 3.63) is 54.2 Å². The highest BCUT2D eigenvalue weighted by atomic mass is 32.2. The van der Waals surface area contributed by atoms with Gasteiger partial charge in [-0.05, 0) is 43.0 Å². The summed E-state index contributed by atoms with van der Waals surface area (Å²) in [6.07, 6.45) is 0.979. The number of anilines is 1. The Bertz CT molecular complexity index is 2030. The molecular formula is C36H53N10O8S+. The maximum atomic E-state index is 13.8. The van der Waals surface area contributed by atoms with Gasteiger partial charge in [0, 0.05) is 43.1 Å². The monoisotopic (exact) mass is 785 g/mol. The number of aromatic amines is 1. The molecule has 2 aromatic carbocycles. The van der Waals surface area contributed by atoms with E-state index < -0.39 is 76.2 Å². The van der Waals surface area contributed by atoms with E-state index >= 15 is 0 Å². The van der Waals surface area contributed by atoms with Gasteiger partial charge in [-0.3, -0.25) is 33.3 Å². The number of quaternary nitrogens is 1. The number of hydrogen-bond acceptors (Lipinski definition) is 9. The van der Waals surface area contributed by atoms with Crippen LogP contribution in [0, 0.1) is 5.92 Å². The zero-order valence-corrected chi connectivity index (χ0v) is 33.0. The van der Waals surface area contributed by atoms with Gasteiger partial charge in [-0.2, -0.15) is 4.31 Å². The van der Waals surface area contributed by atoms with Gasteiger partial charge in [0.1, 0.15) is 24.2 Å². The van der Waals surface area contributed by atoms with E-state index in [4.69, 9.17) is 17.2 Å². The molecule has 0 radical (unpaired) electrons. The van der Waals surface area contributed by atoms with Crippen LogP contribution in [0.1, 0.15) is 39.2 Å². The Morgan fingerprint density at radius 3 is 2.07 bits per heavy atom. The number of primary amides is 2. The lowest BCUT2D eigenvalue weighted by atomic mass is 10.0. The smallest absolute Gasteiger partial charge is 0.243 e. The third-order valence-corrected chi connectivity index (χ3v) is 10.7. The van der Waals surface area contributed by atoms with Crippen LogP contribution in [0.4, 0.5) is 11.4 Å². The number of hydrogen-bond donors (Lipinski definition) is 8. The molecule has 0 aliphatic rings. The molecule has 0 saturated carbocycles. The van der Waals surface area contributed by atoms with Gasteiger partial charge in [0.2, 0.25) is 45.5 Å². The predicted octanol–water partition coefficient (Wildman–Crippen LogP) is -0.824. The lowest BCUT2D eigenvalue weighted by Gasteiger charge is -2.26. The average Bonchev–Trinajstić information content (AvgIpc) is 3.49. The fourth-order valence-corrected chi connectivity index (χ4v) is 6.96. The molecule has 300 valence electrons. The highest BCUT2D eigenvalue weighted by molar-refractivity contribution is 7.89. The first-order chi connectivity index (χ1) is 25.5. The Morgan fingerprint density at radius 2 is 1.49 bits per heavy atom. The van der Waals surface area contributed by atoms with Crippen molar-refractivity contribution in [2.45, 2.75) is 69.1 Å². The molecule has 55 heavy (non-hydrogen) atoms. The number of H-pyrrole nitrogens is 1. The summed E-state index contributed by atoms with van der Waals surface area (Å²) in [5.41, 5.74) is 19.3. The predicted molar refractivity (Wildman–Crippen MR) is 208 cm³/mol. The molecule has 0 aliphatic heterocycles. The van der Waals surface area contributed by atoms with Gasteiger partial charge in [-0.15, -0.1) is 0 Å². The van der Waals surface area contributed by atoms with Gasteiger partial charge in [-0.1, -0.05) is 32.0 Å². The Balaban J connectivity index is 1.84. The molecule has 6 amide bonds. The van der Waals surface area contributed by atoms with Crippen molar-refractivity contribution in [3.8, 4) is 0 Å². The number of rotatable bonds is 19. The van der Waals surface area contributed by atoms with Gasteiger partial charge in [0.25, 0.3) is 0 Å². The second-order valence-electron chi connectivity index (χ2n) is 14.6. The molecule has 18 nitrogen and oxygen atoms in total. The summed E-state index contributed by atoms with van der Waals surface area (Å²) in [7, 11) is 2.57. The van der Waals surface area contributed by atoms with E-state index in [1.807, 2.05) is 39.3 Å². The number of para-hydroxylation sites is 1. The minimum Gasteiger partial charge on any atom is -0.394 e. The van der Waals surface area contributed by atoms with E-state index in [-0.39, 0.29) is 35.8 Å². The number of carbonyl (C=O) groups excluding carboxylic acids is 6. The quantitative estimate of drug-likeness (QED) is 0.0556. The highest BCUT2D eigenvalue weighted by Gasteiger charge is 2.32. The Kier molecular flexibility index (Phi) is 14.5. The summed E-state index contributed by atoms with van der Waals surface area (Å²) in [6.45, 7) is 4.06. The van der Waals surface area contributed by atoms with Gasteiger partial charge < -0.3 is 43.5 Å². The number of nitrogen functional groups attached to an aromatic ring is 1. The number of likely N-dealkylation sites (N-methyl/N-ethyl adjacent to an activating group) is 1. The second kappa shape index (κ2) is 18.2. The van der Waals surface area contributed by atoms with E-state index in [9.17, 15) is 37.2 Å². The molecule has 3 rings (SSSR count). The van der Waals surface area contributed by atoms with Crippen LogP contribution in [0.3, 0.4) is 0 Å². The third kappa shape index (κ3) is 11.7. The summed E-state index contributed by atoms with van der Waals surface area (Å²) >= 11 is 0. The fourth-order valence-electron chi connectivity index (χ4n) is 5.79. The average molecular weight is 786 g/mol. The molecule has 3 aromatic rings. The number of nitrogens with zero attached hydrogens (tertiary/aromatic N) is 2. The Morgan fingerprint density at radius 1 is 0.855 bits per heavy atom. The first-order valence-corrected chi connectivity index (χ1v) is 19.0. The number of benzene rings is 2. The van der Waals surface area contributed by atoms with Crippen molar-refractivity contribution >= 4 is 67.7 Å². The molecule has 0 fully saturated rings. The molecule has 1 heterocycles. The molecule has 1 aromatic heterocycles. The summed E-state index contributed by atoms with van der Waals surface area (Å²) in [5.74, 6) is -5.09. The molecule has 4 atom stereocenters. The van der Waals surface area contributed by atoms with Crippen LogP contribution >= 0.6 is 0 Å². The molecule has 0 aliphatic carbocycles. The van der Waals surface area contributed by atoms with Gasteiger partial charge in [-0.25, -0.2) is 8.42 Å². The van der Waals surface area contributed by atoms with Crippen molar-refractivity contribution < 1.29 is 37.2 Å². The van der Waals surface area contributed by atoms with Gasteiger partial charge in [0.05, 0.1) is 38.3 Å². The number of carbonyl (C=O) groups is 6. The summed E-state index contributed by atoms with van der Waals surface area (Å²) < 4.78 is 27.9. The van der Waals surface area contributed by atoms with Crippen molar-refractivity contribution in [3.63, 3.8) is 0 Å². The number of amides is 6. The van der Waals surface area contributed by atoms with E-state index in [1.54, 1.807) is 32.2 Å². The van der Waals surface area contributed by atoms with E-state index in [0.29, 0.717) is 15.7 Å². The summed E-state index contributed by atoms with van der Waals surface area (Å²) in [4.78, 5) is 80.4. The molecule has 0 spiro atoms. The van der Waals surface area contributed by atoms with Crippen LogP contribution in [-0.2, 0) is 45.2 Å². The molecule has 19 heteroatoms. The number of nitrogens with one attached hydrogen (secondary N) is 5. The highest BCUT2D eigenvalue weighted by Crippen LogP contribution is 2.29. The number of fused-ring (bicyclic) bond motifs is 1. The summed E-state index contributed by atoms with van der Waals surface area (Å²) in [5, 5.41) is 10.9. The number of nitrogens with two attached hydrogens (primary N) is 3. The van der Waals surface area contributed by atoms with Crippen molar-refractivity contribution in [2.75, 3.05) is 40.5 Å². The molecule has 0 saturated heterocycles. The zero-order valence-electron chi connectivity index (χ0n) is 32.1. The van der Waals surface area contributed by atoms with Crippen LogP contribution in [0.15, 0.2) is 53.6 Å². The lowest BCUT2D eigenvalue weighted by Crippen LogP contribution is -2.58. The maximum absolute atomic E-state index is 13.8. The SMILES string of the molecule is CC(C)[C@H](NC(=O)[C@H](C)NC(=O)[C@H](Cc1c[nH]c2ccccc12)NC(=O)[C@H](CCC(N)=O)NC(=O)CN(C)S(=O)(=O)c1ccc([N+](C)(C)C)c(N)c1)C(N)=O. The first-order valence-electron chi connectivity index (χ1n) is 17.5. The van der Waals surface area contributed by atoms with Gasteiger partial charge >= 0.3 is 0 Å². The van der Waals surface area contributed by atoms with Gasteiger partial charge in [0.15, 0.2) is 5.69 Å². The van der Waals surface area contributed by atoms with Crippen LogP contribution in [0.25, 0.3) is 10.9 Å². The topological polar surface area (TPSA) is 282 Å². The van der Waals surface area contributed by atoms with Crippen molar-refractivity contribution in [2.24, 2.45) is 17.4 Å². The molecule has 0 bridgehead atoms. The minimum atomic E-state index is -4.22. The van der Waals surface area contributed by atoms with Crippen molar-refractivity contribution in [1.29, 1.82) is 0 Å². The number of aromatic nitrogens is 1. The van der Waals surface area contributed by atoms with E-state index in [1.165, 1.54) is 26.1 Å². The number of sulfonamides is 1. The molecule has 0 unspecified atom stereocenters. The second-order valence-corrected chi connectivity index (χ2v) is 16.7. The van der Waals surface area contributed by atoms with Crippen LogP contribution in [0.5, 0.6) is 0 Å². The van der Waals surface area contributed by atoms with E-state index in [0.717, 1.165) is 15.2 Å². The standard InChI is InChI=1S/C36H52N10O8S/c1-20(2)32(33(39)49)44-34(50)21(3)41-36(52)28(16-22-18-40-26-11-9-8-10-24(22)26)43-35(51)27(13-15-30(38)47)42-31(48)19-45(4)55(53,54)23-12-14-29(25(37)17-23)46(5,6)7/h8-12,14,17-18,20-21,27-28,32,40H,13,15-16,19,37H2,1-7H3,(H7-,38,39,41,42,43,44,47,48,49,50,51,52)/p+1/t21-,27-,28-,32-/m0/s1. The largest absolute Gasteiger partial charge is 0.394 e. The molecule has 11 N–H and O–H groups in total. The minimum absolute atomic E-state index is 0.0701.